The number of aryl methyl sites for hydroxylation is 1. The summed E-state index contributed by atoms with van der Waals surface area (Å²) in [7, 11) is -36.6. The number of ether oxygens (including phenoxy) is 5. The number of fused-ring (bicyclic) bond motifs is 2. The van der Waals surface area contributed by atoms with Gasteiger partial charge in [-0.05, 0) is 139 Å². The van der Waals surface area contributed by atoms with Gasteiger partial charge in [-0.1, -0.05) is 109 Å². The molecule has 31 rings (SSSR count). The molecule has 12 nitrogen and oxygen atoms in total. The van der Waals surface area contributed by atoms with Crippen molar-refractivity contribution < 1.29 is 147 Å². The van der Waals surface area contributed by atoms with E-state index in [1.807, 2.05) is 12.1 Å². The molecule has 21 aliphatic rings. The minimum atomic E-state index is -10.7. The van der Waals surface area contributed by atoms with E-state index in [9.17, 15) is 106 Å². The van der Waals surface area contributed by atoms with Gasteiger partial charge in [0, 0.05) is 127 Å². The van der Waals surface area contributed by atoms with Crippen LogP contribution in [-0.2, 0) is 61.9 Å². The SMILES string of the molecule is COC1(c2ccc(N(C)CCOCCOCCOc3ccc(CCCOC(=O)C45CC6CC(CC(C6)C4)C5)cc3)cc2)c2ccccc2N(C)c2ccccc21.F[P-](F)(F)(F)(F)F.F[P-](F)(F)(F)(F)F.F[P-](F)(F)(F)(F)F.F[P-](F)(F)(F)(F)F.c1cc2ccc1C[n+]1ccc(cc1)-c1cc[n+](cc1)Cc1ccc(cc1)C[n+]1ccc(cc1)-c1cc[n+](cc1)C2. The summed E-state index contributed by atoms with van der Waals surface area (Å²) in [5, 5.41) is 0. The smallest absolute Gasteiger partial charge is 0.173 e. The Morgan fingerprint density at radius 2 is 0.718 bits per heavy atom. The Bertz CT molecular complexity index is 4770. The molecule has 0 saturated heterocycles. The van der Waals surface area contributed by atoms with Gasteiger partial charge < -0.3 is 33.5 Å². The summed E-state index contributed by atoms with van der Waals surface area (Å²) >= 11 is 0. The maximum absolute atomic E-state index is 13.1. The number of benzene rings is 6. The van der Waals surface area contributed by atoms with Gasteiger partial charge >= 0.3 is 138 Å². The van der Waals surface area contributed by atoms with E-state index in [0.29, 0.717) is 39.6 Å². The third-order valence-corrected chi connectivity index (χ3v) is 20.7. The average molecular weight is 1860 g/mol. The van der Waals surface area contributed by atoms with Crippen molar-refractivity contribution in [3.05, 3.63) is 288 Å². The number of likely N-dealkylation sites (N-methyl/N-ethyl adjacent to an activating group) is 1. The van der Waals surface area contributed by atoms with Crippen molar-refractivity contribution in [2.24, 2.45) is 23.2 Å². The monoisotopic (exact) mass is 1860 g/mol. The van der Waals surface area contributed by atoms with Crippen LogP contribution in [0.5, 0.6) is 5.75 Å². The summed E-state index contributed by atoms with van der Waals surface area (Å²) in [6.07, 6.45) is 26.3. The fraction of sp³-hybridized carbons (Fsp3) is 0.321. The third-order valence-electron chi connectivity index (χ3n) is 20.7. The van der Waals surface area contributed by atoms with Crippen molar-refractivity contribution in [1.29, 1.82) is 0 Å². The zero-order valence-electron chi connectivity index (χ0n) is 66.8. The number of pyridine rings is 4. The normalized spacial score (nSPS) is 19.5. The molecule has 0 radical (unpaired) electrons. The van der Waals surface area contributed by atoms with Gasteiger partial charge in [0.1, 0.15) is 18.0 Å². The molecular formula is C84H90F24N6O6P4. The van der Waals surface area contributed by atoms with Crippen LogP contribution in [0.3, 0.4) is 0 Å². The summed E-state index contributed by atoms with van der Waals surface area (Å²) in [5.41, 5.74) is 17.2. The number of aromatic nitrogens is 4. The molecule has 4 saturated carbocycles. The molecule has 680 valence electrons. The van der Waals surface area contributed by atoms with E-state index in [0.717, 1.165) is 122 Å². The molecule has 0 spiro atoms. The zero-order chi connectivity index (χ0) is 90.9. The van der Waals surface area contributed by atoms with Crippen LogP contribution >= 0.6 is 31.2 Å². The summed E-state index contributed by atoms with van der Waals surface area (Å²) in [6.45, 7) is 7.32. The first kappa shape index (κ1) is 96.9. The molecule has 124 heavy (non-hydrogen) atoms. The van der Waals surface area contributed by atoms with E-state index in [4.69, 9.17) is 23.7 Å². The summed E-state index contributed by atoms with van der Waals surface area (Å²) in [6, 6.07) is 69.4. The Kier molecular flexibility index (Phi) is 26.9. The van der Waals surface area contributed by atoms with E-state index in [-0.39, 0.29) is 11.4 Å². The summed E-state index contributed by atoms with van der Waals surface area (Å²) < 4.78 is 276. The average Bonchev–Trinajstić information content (AvgIpc) is 0.717. The second-order valence-electron chi connectivity index (χ2n) is 31.1. The number of esters is 1. The number of carbonyl (C=O) groups excluding carboxylic acids is 1. The van der Waals surface area contributed by atoms with Crippen molar-refractivity contribution >= 4 is 54.3 Å². The van der Waals surface area contributed by atoms with Gasteiger partial charge in [-0.25, -0.2) is 18.3 Å². The van der Waals surface area contributed by atoms with Gasteiger partial charge in [0.25, 0.3) is 0 Å². The van der Waals surface area contributed by atoms with Crippen LogP contribution < -0.4 is 32.8 Å². The molecule has 16 bridgehead atoms. The van der Waals surface area contributed by atoms with Crippen molar-refractivity contribution in [1.82, 2.24) is 0 Å². The molecule has 0 N–H and O–H groups in total. The first-order valence-corrected chi connectivity index (χ1v) is 46.8. The van der Waals surface area contributed by atoms with Crippen molar-refractivity contribution in [2.75, 3.05) is 77.2 Å². The van der Waals surface area contributed by atoms with Crippen LogP contribution in [0, 0.1) is 23.2 Å². The largest absolute Gasteiger partial charge is 0.201 e. The molecule has 0 unspecified atom stereocenters. The van der Waals surface area contributed by atoms with Gasteiger partial charge in [-0.2, -0.15) is 0 Å². The fourth-order valence-corrected chi connectivity index (χ4v) is 15.9. The minimum absolute atomic E-state index is 0.0858. The summed E-state index contributed by atoms with van der Waals surface area (Å²) in [4.78, 5) is 17.5. The molecular weight excluding hydrogens is 1770 g/mol. The first-order chi connectivity index (χ1) is 56.9. The van der Waals surface area contributed by atoms with Gasteiger partial charge in [0.15, 0.2) is 75.8 Å². The van der Waals surface area contributed by atoms with Crippen LogP contribution in [0.2, 0.25) is 0 Å². The summed E-state index contributed by atoms with van der Waals surface area (Å²) in [5.74, 6) is 3.19. The standard InChI is InChI=1S/C48H58N2O6.C36H32N4.4F6P/c1-49(40-18-16-39(17-19-40)48(52-3)42-10-4-6-12-44(42)50(2)45-13-7-5-11-43(45)48)22-24-53-25-26-54-27-28-55-41-20-14-35(15-21-41)9-8-23-56-46(51)47-32-36-29-37(33-47)31-38(30-36)34-47;1-2-30-4-3-29(1)25-37-17-9-33(10-18-37)35-13-21-39(22-14-35)27-31-5-7-32(8-6-31)28-40-23-15-36(16-24-40)34-11-19-38(26-30)20-12-34;4*1-7(2,3,4,5)6/h4-7,10-21,36-38H,8-9,22-34H2,1-3H3;1-24H,25-28H2;;;;/q;+4;4*-1. The van der Waals surface area contributed by atoms with Crippen LogP contribution in [0.15, 0.2) is 244 Å². The first-order valence-electron chi connectivity index (χ1n) is 38.6. The minimum Gasteiger partial charge on any atom is -0.201 e. The Morgan fingerprint density at radius 3 is 1.05 bits per heavy atom. The topological polar surface area (TPSA) is 85.2 Å². The van der Waals surface area contributed by atoms with E-state index < -0.39 is 36.8 Å². The van der Waals surface area contributed by atoms with E-state index in [1.165, 1.54) is 69.3 Å². The van der Waals surface area contributed by atoms with Crippen LogP contribution in [0.4, 0.5) is 118 Å². The number of nitrogens with zero attached hydrogens (tertiary/aromatic N) is 6. The molecule has 21 heterocycles. The number of methoxy groups -OCH3 is 1. The van der Waals surface area contributed by atoms with E-state index >= 15 is 0 Å². The third kappa shape index (κ3) is 34.6. The van der Waals surface area contributed by atoms with Crippen LogP contribution in [-0.4, -0.2) is 73.4 Å². The number of halogens is 24. The van der Waals surface area contributed by atoms with Gasteiger partial charge in [-0.15, -0.1) is 0 Å². The van der Waals surface area contributed by atoms with Crippen molar-refractivity contribution in [3.63, 3.8) is 0 Å². The van der Waals surface area contributed by atoms with Crippen molar-refractivity contribution in [2.45, 2.75) is 83.1 Å². The molecule has 0 amide bonds. The Morgan fingerprint density at radius 1 is 0.403 bits per heavy atom. The number of rotatable bonds is 18. The Hall–Kier alpha value is -9.29. The molecule has 0 atom stereocenters. The molecule has 17 aliphatic heterocycles. The second kappa shape index (κ2) is 34.5. The second-order valence-corrected chi connectivity index (χ2v) is 38.8. The maximum atomic E-state index is 13.1. The Labute approximate surface area is 698 Å². The van der Waals surface area contributed by atoms with Crippen LogP contribution in [0.25, 0.3) is 22.3 Å². The quantitative estimate of drug-likeness (QED) is 0.0276. The van der Waals surface area contributed by atoms with Crippen molar-refractivity contribution in [3.8, 4) is 28.0 Å². The van der Waals surface area contributed by atoms with E-state index in [2.05, 4.69) is 274 Å². The molecule has 4 aromatic heterocycles. The Balaban J connectivity index is 0.000000203. The molecule has 4 fully saturated rings. The predicted molar refractivity (Wildman–Crippen MR) is 429 cm³/mol. The number of anilines is 3. The van der Waals surface area contributed by atoms with Gasteiger partial charge in [0.05, 0.1) is 38.4 Å². The molecule has 4 aliphatic carbocycles. The molecule has 6 aromatic carbocycles. The fourth-order valence-electron chi connectivity index (χ4n) is 15.9. The number of hydrogen-bond donors (Lipinski definition) is 0. The maximum Gasteiger partial charge on any atom is 0.173 e. The number of carbonyl (C=O) groups is 1. The van der Waals surface area contributed by atoms with Crippen LogP contribution in [0.1, 0.15) is 89.5 Å². The predicted octanol–water partition coefficient (Wildman–Crippen LogP) is 27.2. The molecule has 40 heteroatoms. The van der Waals surface area contributed by atoms with Gasteiger partial charge in [0.2, 0.25) is 0 Å². The number of hydrogen-bond acceptors (Lipinski definition) is 8. The zero-order valence-corrected chi connectivity index (χ0v) is 70.3. The molecule has 10 aromatic rings. The number of para-hydroxylation sites is 2. The van der Waals surface area contributed by atoms with Gasteiger partial charge in [-0.3, -0.25) is 4.79 Å². The van der Waals surface area contributed by atoms with E-state index in [1.54, 1.807) is 7.11 Å².